The number of amides is 2. The molecule has 1 aliphatic rings. The van der Waals surface area contributed by atoms with Crippen LogP contribution in [0.25, 0.3) is 0 Å². The van der Waals surface area contributed by atoms with E-state index in [9.17, 15) is 9.59 Å². The molecule has 0 saturated carbocycles. The first-order valence-electron chi connectivity index (χ1n) is 5.96. The van der Waals surface area contributed by atoms with Gasteiger partial charge in [-0.3, -0.25) is 9.59 Å². The zero-order chi connectivity index (χ0) is 13.0. The van der Waals surface area contributed by atoms with Gasteiger partial charge in [0, 0.05) is 11.4 Å². The highest BCUT2D eigenvalue weighted by Crippen LogP contribution is 2.13. The van der Waals surface area contributed by atoms with Crippen LogP contribution in [0, 0.1) is 0 Å². The van der Waals surface area contributed by atoms with Gasteiger partial charge >= 0.3 is 0 Å². The lowest BCUT2D eigenvalue weighted by molar-refractivity contribution is -0.124. The molecule has 1 unspecified atom stereocenters. The Kier molecular flexibility index (Phi) is 4.25. The Bertz CT molecular complexity index is 445. The highest BCUT2D eigenvalue weighted by molar-refractivity contribution is 8.00. The van der Waals surface area contributed by atoms with Crippen molar-refractivity contribution < 1.29 is 9.59 Å². The molecule has 96 valence electrons. The Morgan fingerprint density at radius 3 is 2.78 bits per heavy atom. The largest absolute Gasteiger partial charge is 0.343 e. The average molecular weight is 264 g/mol. The van der Waals surface area contributed by atoms with Gasteiger partial charge in [-0.15, -0.1) is 11.8 Å². The number of anilines is 1. The van der Waals surface area contributed by atoms with E-state index in [1.807, 2.05) is 24.3 Å². The normalized spacial score (nSPS) is 19.2. The van der Waals surface area contributed by atoms with Gasteiger partial charge < -0.3 is 10.6 Å². The summed E-state index contributed by atoms with van der Waals surface area (Å²) in [7, 11) is 0. The monoisotopic (exact) mass is 264 g/mol. The zero-order valence-electron chi connectivity index (χ0n) is 10.2. The standard InChI is InChI=1S/C13H16N2O2S/c1-2-9-3-5-10(6-4-9)14-13(17)11-7-18-8-12(16)15-11/h3-6,11H,2,7-8H2,1H3,(H,14,17)(H,15,16). The summed E-state index contributed by atoms with van der Waals surface area (Å²) in [5.41, 5.74) is 2.00. The summed E-state index contributed by atoms with van der Waals surface area (Å²) in [6.45, 7) is 2.09. The number of rotatable bonds is 3. The minimum atomic E-state index is -0.429. The number of carbonyl (C=O) groups is 2. The maximum Gasteiger partial charge on any atom is 0.247 e. The number of carbonyl (C=O) groups excluding carboxylic acids is 2. The molecule has 1 heterocycles. The second-order valence-electron chi connectivity index (χ2n) is 4.17. The molecule has 2 rings (SSSR count). The molecular formula is C13H16N2O2S. The van der Waals surface area contributed by atoms with E-state index in [0.717, 1.165) is 12.1 Å². The first-order valence-corrected chi connectivity index (χ1v) is 7.11. The van der Waals surface area contributed by atoms with Crippen LogP contribution in [-0.2, 0) is 16.0 Å². The predicted molar refractivity (Wildman–Crippen MR) is 73.7 cm³/mol. The van der Waals surface area contributed by atoms with Crippen molar-refractivity contribution in [3.63, 3.8) is 0 Å². The molecule has 2 amide bonds. The van der Waals surface area contributed by atoms with Gasteiger partial charge in [-0.25, -0.2) is 0 Å². The smallest absolute Gasteiger partial charge is 0.247 e. The number of hydrogen-bond acceptors (Lipinski definition) is 3. The molecule has 0 spiro atoms. The van der Waals surface area contributed by atoms with E-state index in [-0.39, 0.29) is 11.8 Å². The van der Waals surface area contributed by atoms with Crippen molar-refractivity contribution in [3.8, 4) is 0 Å². The minimum Gasteiger partial charge on any atom is -0.343 e. The first kappa shape index (κ1) is 13.0. The lowest BCUT2D eigenvalue weighted by Gasteiger charge is -2.22. The third-order valence-electron chi connectivity index (χ3n) is 2.80. The lowest BCUT2D eigenvalue weighted by Crippen LogP contribution is -2.49. The van der Waals surface area contributed by atoms with E-state index in [2.05, 4.69) is 17.6 Å². The molecule has 0 aliphatic carbocycles. The maximum absolute atomic E-state index is 11.9. The molecule has 1 aromatic rings. The van der Waals surface area contributed by atoms with Crippen LogP contribution >= 0.6 is 11.8 Å². The quantitative estimate of drug-likeness (QED) is 0.868. The summed E-state index contributed by atoms with van der Waals surface area (Å²) in [5.74, 6) is 0.840. The number of benzene rings is 1. The van der Waals surface area contributed by atoms with E-state index in [1.54, 1.807) is 0 Å². The van der Waals surface area contributed by atoms with Crippen LogP contribution in [0.2, 0.25) is 0 Å². The lowest BCUT2D eigenvalue weighted by atomic mass is 10.1. The van der Waals surface area contributed by atoms with Crippen LogP contribution in [-0.4, -0.2) is 29.4 Å². The third-order valence-corrected chi connectivity index (χ3v) is 3.83. The van der Waals surface area contributed by atoms with Gasteiger partial charge in [-0.05, 0) is 24.1 Å². The summed E-state index contributed by atoms with van der Waals surface area (Å²) in [6, 6.07) is 7.32. The fourth-order valence-electron chi connectivity index (χ4n) is 1.74. The Labute approximate surface area is 111 Å². The van der Waals surface area contributed by atoms with Crippen LogP contribution in [0.1, 0.15) is 12.5 Å². The van der Waals surface area contributed by atoms with Crippen LogP contribution < -0.4 is 10.6 Å². The summed E-state index contributed by atoms with van der Waals surface area (Å²) < 4.78 is 0. The van der Waals surface area contributed by atoms with Gasteiger partial charge in [0.05, 0.1) is 5.75 Å². The molecule has 1 aromatic carbocycles. The van der Waals surface area contributed by atoms with Crippen LogP contribution in [0.5, 0.6) is 0 Å². The Balaban J connectivity index is 1.95. The van der Waals surface area contributed by atoms with Crippen molar-refractivity contribution in [3.05, 3.63) is 29.8 Å². The SMILES string of the molecule is CCc1ccc(NC(=O)C2CSCC(=O)N2)cc1. The molecule has 1 atom stereocenters. The number of hydrogen-bond donors (Lipinski definition) is 2. The molecule has 1 aliphatic heterocycles. The van der Waals surface area contributed by atoms with Gasteiger partial charge in [-0.1, -0.05) is 19.1 Å². The summed E-state index contributed by atoms with van der Waals surface area (Å²) in [4.78, 5) is 23.1. The molecule has 1 fully saturated rings. The molecule has 4 nitrogen and oxygen atoms in total. The third kappa shape index (κ3) is 3.26. The van der Waals surface area contributed by atoms with Crippen LogP contribution in [0.3, 0.4) is 0 Å². The summed E-state index contributed by atoms with van der Waals surface area (Å²) in [6.07, 6.45) is 0.976. The van der Waals surface area contributed by atoms with Gasteiger partial charge in [0.25, 0.3) is 0 Å². The predicted octanol–water partition coefficient (Wildman–Crippen LogP) is 1.42. The summed E-state index contributed by atoms with van der Waals surface area (Å²) >= 11 is 1.48. The van der Waals surface area contributed by atoms with Gasteiger partial charge in [0.1, 0.15) is 6.04 Å². The first-order chi connectivity index (χ1) is 8.69. The highest BCUT2D eigenvalue weighted by atomic mass is 32.2. The van der Waals surface area contributed by atoms with E-state index in [1.165, 1.54) is 17.3 Å². The fraction of sp³-hybridized carbons (Fsp3) is 0.385. The van der Waals surface area contributed by atoms with Gasteiger partial charge in [-0.2, -0.15) is 0 Å². The van der Waals surface area contributed by atoms with Crippen molar-refractivity contribution in [2.75, 3.05) is 16.8 Å². The molecular weight excluding hydrogens is 248 g/mol. The Hall–Kier alpha value is -1.49. The molecule has 0 radical (unpaired) electrons. The molecule has 0 bridgehead atoms. The van der Waals surface area contributed by atoms with E-state index < -0.39 is 6.04 Å². The molecule has 2 N–H and O–H groups in total. The molecule has 5 heteroatoms. The Morgan fingerprint density at radius 2 is 2.17 bits per heavy atom. The van der Waals surface area contributed by atoms with E-state index in [0.29, 0.717) is 11.5 Å². The van der Waals surface area contributed by atoms with E-state index in [4.69, 9.17) is 0 Å². The van der Waals surface area contributed by atoms with Crippen molar-refractivity contribution >= 4 is 29.3 Å². The van der Waals surface area contributed by atoms with Crippen molar-refractivity contribution in [1.82, 2.24) is 5.32 Å². The fourth-order valence-corrected chi connectivity index (χ4v) is 2.60. The maximum atomic E-state index is 11.9. The molecule has 18 heavy (non-hydrogen) atoms. The number of thioether (sulfide) groups is 1. The number of aryl methyl sites for hydroxylation is 1. The van der Waals surface area contributed by atoms with Crippen molar-refractivity contribution in [2.24, 2.45) is 0 Å². The second kappa shape index (κ2) is 5.91. The average Bonchev–Trinajstić information content (AvgIpc) is 2.39. The van der Waals surface area contributed by atoms with Crippen LogP contribution in [0.15, 0.2) is 24.3 Å². The molecule has 0 aromatic heterocycles. The zero-order valence-corrected chi connectivity index (χ0v) is 11.0. The topological polar surface area (TPSA) is 58.2 Å². The Morgan fingerprint density at radius 1 is 1.44 bits per heavy atom. The van der Waals surface area contributed by atoms with Crippen LogP contribution in [0.4, 0.5) is 5.69 Å². The minimum absolute atomic E-state index is 0.0762. The number of nitrogens with one attached hydrogen (secondary N) is 2. The van der Waals surface area contributed by atoms with Gasteiger partial charge in [0.2, 0.25) is 11.8 Å². The summed E-state index contributed by atoms with van der Waals surface area (Å²) in [5, 5.41) is 5.50. The van der Waals surface area contributed by atoms with Crippen molar-refractivity contribution in [1.29, 1.82) is 0 Å². The van der Waals surface area contributed by atoms with Gasteiger partial charge in [0.15, 0.2) is 0 Å². The van der Waals surface area contributed by atoms with E-state index >= 15 is 0 Å². The highest BCUT2D eigenvalue weighted by Gasteiger charge is 2.24. The van der Waals surface area contributed by atoms with Crippen molar-refractivity contribution in [2.45, 2.75) is 19.4 Å². The second-order valence-corrected chi connectivity index (χ2v) is 5.21. The molecule has 1 saturated heterocycles.